The first-order valence-corrected chi connectivity index (χ1v) is 6.44. The maximum absolute atomic E-state index is 8.09. The number of benzene rings is 1. The Morgan fingerprint density at radius 2 is 1.90 bits per heavy atom. The van der Waals surface area contributed by atoms with Gasteiger partial charge in [0.2, 0.25) is 0 Å². The van der Waals surface area contributed by atoms with Crippen LogP contribution >= 0.6 is 0 Å². The molecule has 0 bridgehead atoms. The van der Waals surface area contributed by atoms with Crippen molar-refractivity contribution in [3.8, 4) is 0 Å². The molecule has 1 aliphatic carbocycles. The quantitative estimate of drug-likeness (QED) is 0.834. The van der Waals surface area contributed by atoms with Gasteiger partial charge in [0.15, 0.2) is 1.41 Å². The molecule has 0 spiro atoms. The van der Waals surface area contributed by atoms with Crippen molar-refractivity contribution in [2.45, 2.75) is 0 Å². The van der Waals surface area contributed by atoms with Crippen LogP contribution < -0.4 is 5.31 Å². The average Bonchev–Trinajstić information content (AvgIpc) is 3.17. The zero-order chi connectivity index (χ0) is 14.5. The zero-order valence-corrected chi connectivity index (χ0v) is 10.9. The predicted octanol–water partition coefficient (Wildman–Crippen LogP) is 3.81. The van der Waals surface area contributed by atoms with Crippen molar-refractivity contribution < 1.29 is 1.41 Å². The Balaban J connectivity index is 1.77. The molecule has 1 aromatic heterocycles. The molecular formula is C17H15N3. The highest BCUT2D eigenvalue weighted by Crippen LogP contribution is 2.17. The normalized spacial score (nSPS) is 16.7. The molecule has 0 atom stereocenters. The Morgan fingerprint density at radius 1 is 1.10 bits per heavy atom. The molecule has 1 N–H and O–H groups in total. The van der Waals surface area contributed by atoms with Gasteiger partial charge in [-0.2, -0.15) is 5.10 Å². The third kappa shape index (κ3) is 2.95. The van der Waals surface area contributed by atoms with Crippen molar-refractivity contribution in [3.05, 3.63) is 90.4 Å². The number of anilines is 1. The molecule has 0 fully saturated rings. The van der Waals surface area contributed by atoms with Gasteiger partial charge < -0.3 is 5.31 Å². The van der Waals surface area contributed by atoms with Gasteiger partial charge in [-0.15, -0.1) is 0 Å². The predicted molar refractivity (Wildman–Crippen MR) is 83.7 cm³/mol. The van der Waals surface area contributed by atoms with Crippen LogP contribution in [0.3, 0.4) is 0 Å². The molecule has 0 saturated carbocycles. The zero-order valence-electron chi connectivity index (χ0n) is 11.9. The fraction of sp³-hybridized carbons (Fsp3) is 0. The van der Waals surface area contributed by atoms with Crippen molar-refractivity contribution in [1.29, 1.82) is 0 Å². The molecule has 1 aliphatic rings. The molecule has 2 aromatic rings. The van der Waals surface area contributed by atoms with Crippen LogP contribution in [0, 0.1) is 0 Å². The van der Waals surface area contributed by atoms with Gasteiger partial charge in [-0.05, 0) is 29.8 Å². The monoisotopic (exact) mass is 262 g/mol. The summed E-state index contributed by atoms with van der Waals surface area (Å²) in [5, 5.41) is 5.70. The van der Waals surface area contributed by atoms with Crippen LogP contribution in [0.5, 0.6) is 0 Å². The Labute approximate surface area is 119 Å². The summed E-state index contributed by atoms with van der Waals surface area (Å²) in [5.41, 5.74) is 2.77. The van der Waals surface area contributed by atoms with Gasteiger partial charge in [-0.1, -0.05) is 36.4 Å². The van der Waals surface area contributed by atoms with E-state index in [0.717, 1.165) is 16.8 Å². The van der Waals surface area contributed by atoms with E-state index in [2.05, 4.69) is 5.10 Å². The van der Waals surface area contributed by atoms with E-state index in [1.165, 1.54) is 5.31 Å². The van der Waals surface area contributed by atoms with E-state index in [4.69, 9.17) is 1.41 Å². The standard InChI is InChI=1S/C17H15N3/c1-2-9-17(10-3-1)18-13-15-7-6-8-16(15)14-19-20-11-4-5-12-20/h1-14,18H/b15-13-,19-14+/i/hD. The molecule has 3 rings (SSSR count). The van der Waals surface area contributed by atoms with Gasteiger partial charge in [0, 0.05) is 29.9 Å². The first-order valence-electron chi connectivity index (χ1n) is 6.89. The number of allylic oxidation sites excluding steroid dienone is 5. The number of nitrogens with one attached hydrogen (secondary N) is 1. The minimum absolute atomic E-state index is 0.826. The van der Waals surface area contributed by atoms with Crippen LogP contribution in [-0.2, 0) is 0 Å². The average molecular weight is 262 g/mol. The molecule has 1 heterocycles. The molecule has 3 nitrogen and oxygen atoms in total. The maximum Gasteiger partial charge on any atom is 0.166 e. The third-order valence-corrected chi connectivity index (χ3v) is 2.91. The highest BCUT2D eigenvalue weighted by molar-refractivity contribution is 5.88. The number of hydrogen-bond acceptors (Lipinski definition) is 2. The minimum atomic E-state index is 0.826. The van der Waals surface area contributed by atoms with E-state index in [1.54, 1.807) is 17.1 Å². The van der Waals surface area contributed by atoms with E-state index >= 15 is 0 Å². The van der Waals surface area contributed by atoms with Crippen LogP contribution in [0.15, 0.2) is 95.5 Å². The first-order chi connectivity index (χ1) is 10.3. The second kappa shape index (κ2) is 5.89. The lowest BCUT2D eigenvalue weighted by atomic mass is 10.2. The summed E-state index contributed by atoms with van der Waals surface area (Å²) in [6, 6.07) is 13.4. The largest absolute Gasteiger partial charge is 0.361 e. The number of hydrogen-bond donors (Lipinski definition) is 1. The summed E-state index contributed by atoms with van der Waals surface area (Å²) in [4.78, 5) is 0. The van der Waals surface area contributed by atoms with E-state index in [0.29, 0.717) is 0 Å². The van der Waals surface area contributed by atoms with Gasteiger partial charge in [0.1, 0.15) is 0 Å². The van der Waals surface area contributed by atoms with E-state index < -0.39 is 0 Å². The molecule has 1 aromatic carbocycles. The number of nitrogens with zero attached hydrogens (tertiary/aromatic N) is 2. The van der Waals surface area contributed by atoms with E-state index in [9.17, 15) is 0 Å². The molecule has 0 saturated heterocycles. The fourth-order valence-corrected chi connectivity index (χ4v) is 1.87. The van der Waals surface area contributed by atoms with Crippen LogP contribution in [0.25, 0.3) is 0 Å². The Morgan fingerprint density at radius 3 is 2.70 bits per heavy atom. The van der Waals surface area contributed by atoms with Gasteiger partial charge >= 0.3 is 0 Å². The number of rotatable bonds is 4. The molecule has 0 radical (unpaired) electrons. The molecule has 0 unspecified atom stereocenters. The summed E-state index contributed by atoms with van der Waals surface area (Å²) in [6.45, 7) is 0. The van der Waals surface area contributed by atoms with Crippen LogP contribution in [0.1, 0.15) is 0 Å². The van der Waals surface area contributed by atoms with Crippen LogP contribution in [-0.4, -0.2) is 10.9 Å². The Bertz CT molecular complexity index is 710. The molecule has 0 amide bonds. The fourth-order valence-electron chi connectivity index (χ4n) is 1.87. The Kier molecular flexibility index (Phi) is 3.25. The van der Waals surface area contributed by atoms with Crippen LogP contribution in [0.4, 0.5) is 5.69 Å². The number of aromatic nitrogens is 1. The lowest BCUT2D eigenvalue weighted by molar-refractivity contribution is 0.894. The van der Waals surface area contributed by atoms with Crippen molar-refractivity contribution in [1.82, 2.24) is 4.68 Å². The van der Waals surface area contributed by atoms with Gasteiger partial charge in [0.25, 0.3) is 0 Å². The second-order valence-electron chi connectivity index (χ2n) is 4.34. The van der Waals surface area contributed by atoms with Crippen molar-refractivity contribution in [2.24, 2.45) is 5.10 Å². The SMILES string of the molecule is [2H]N(/C=C1/C=CC=C1/C=N/n1cccc1)c1ccccc1. The summed E-state index contributed by atoms with van der Waals surface area (Å²) in [6.07, 6.45) is 13.3. The molecular weight excluding hydrogens is 246 g/mol. The minimum Gasteiger partial charge on any atom is -0.361 e. The molecule has 98 valence electrons. The lowest BCUT2D eigenvalue weighted by Crippen LogP contribution is -1.94. The summed E-state index contributed by atoms with van der Waals surface area (Å²) < 4.78 is 9.83. The molecule has 20 heavy (non-hydrogen) atoms. The number of para-hydroxylation sites is 1. The summed E-state index contributed by atoms with van der Waals surface area (Å²) >= 11 is 0. The molecule has 3 heteroatoms. The van der Waals surface area contributed by atoms with Gasteiger partial charge in [-0.25, -0.2) is 4.68 Å². The smallest absolute Gasteiger partial charge is 0.166 e. The van der Waals surface area contributed by atoms with Gasteiger partial charge in [-0.3, -0.25) is 0 Å². The van der Waals surface area contributed by atoms with Crippen molar-refractivity contribution >= 4 is 11.9 Å². The van der Waals surface area contributed by atoms with Crippen molar-refractivity contribution in [3.63, 3.8) is 0 Å². The molecule has 0 aliphatic heterocycles. The summed E-state index contributed by atoms with van der Waals surface area (Å²) in [5.74, 6) is 0. The third-order valence-electron chi connectivity index (χ3n) is 2.91. The van der Waals surface area contributed by atoms with Gasteiger partial charge in [0.05, 0.1) is 6.21 Å². The van der Waals surface area contributed by atoms with E-state index in [1.807, 2.05) is 73.1 Å². The maximum atomic E-state index is 8.09. The summed E-state index contributed by atoms with van der Waals surface area (Å²) in [7, 11) is 0. The first kappa shape index (κ1) is 11.1. The topological polar surface area (TPSA) is 29.3 Å². The van der Waals surface area contributed by atoms with Crippen LogP contribution in [0.2, 0.25) is 1.41 Å². The lowest BCUT2D eigenvalue weighted by Gasteiger charge is -2.03. The van der Waals surface area contributed by atoms with Crippen molar-refractivity contribution in [2.75, 3.05) is 5.31 Å². The highest BCUT2D eigenvalue weighted by atomic mass is 15.3. The Hall–Kier alpha value is -2.81. The highest BCUT2D eigenvalue weighted by Gasteiger charge is 2.03. The second-order valence-corrected chi connectivity index (χ2v) is 4.34. The van der Waals surface area contributed by atoms with E-state index in [-0.39, 0.29) is 0 Å².